The Morgan fingerprint density at radius 2 is 2.19 bits per heavy atom. The lowest BCUT2D eigenvalue weighted by Gasteiger charge is -2.30. The first-order chi connectivity index (χ1) is 13.1. The summed E-state index contributed by atoms with van der Waals surface area (Å²) in [7, 11) is 0.393. The zero-order valence-electron chi connectivity index (χ0n) is 15.2. The van der Waals surface area contributed by atoms with E-state index in [-0.39, 0.29) is 11.8 Å². The largest absolute Gasteiger partial charge is 0.496 e. The Labute approximate surface area is 171 Å². The van der Waals surface area contributed by atoms with Gasteiger partial charge in [-0.15, -0.1) is 11.3 Å². The van der Waals surface area contributed by atoms with E-state index >= 15 is 0 Å². The van der Waals surface area contributed by atoms with E-state index in [1.54, 1.807) is 19.2 Å². The second-order valence-electron chi connectivity index (χ2n) is 6.39. The normalized spacial score (nSPS) is 18.8. The van der Waals surface area contributed by atoms with Crippen molar-refractivity contribution >= 4 is 39.8 Å². The van der Waals surface area contributed by atoms with Gasteiger partial charge in [0.2, 0.25) is 5.91 Å². The molecule has 2 aromatic rings. The minimum atomic E-state index is -1.26. The van der Waals surface area contributed by atoms with Crippen LogP contribution in [0.3, 0.4) is 0 Å². The molecule has 0 saturated carbocycles. The number of piperidine rings is 1. The molecule has 1 N–H and O–H groups in total. The molecule has 1 aromatic heterocycles. The van der Waals surface area contributed by atoms with E-state index in [9.17, 15) is 9.00 Å². The quantitative estimate of drug-likeness (QED) is 0.737. The first kappa shape index (κ1) is 20.3. The third-order valence-corrected chi connectivity index (χ3v) is 7.58. The number of hydrogen-bond acceptors (Lipinski definition) is 4. The van der Waals surface area contributed by atoms with Gasteiger partial charge in [-0.2, -0.15) is 0 Å². The van der Waals surface area contributed by atoms with Gasteiger partial charge in [0.1, 0.15) is 20.9 Å². The maximum absolute atomic E-state index is 12.7. The minimum absolute atomic E-state index is 0.0239. The predicted molar refractivity (Wildman–Crippen MR) is 110 cm³/mol. The molecule has 27 heavy (non-hydrogen) atoms. The summed E-state index contributed by atoms with van der Waals surface area (Å²) in [6.07, 6.45) is 2.39. The fourth-order valence-electron chi connectivity index (χ4n) is 3.20. The van der Waals surface area contributed by atoms with Crippen LogP contribution in [0.25, 0.3) is 0 Å². The lowest BCUT2D eigenvalue weighted by atomic mass is 9.98. The average molecular weight is 427 g/mol. The van der Waals surface area contributed by atoms with Crippen LogP contribution < -0.4 is 10.1 Å². The standard InChI is InChI=1S/C19H23ClN2O3S2/c1-25-16-7-3-2-5-14(16)10-11-21-19(23)15-6-4-12-22(13-15)27(24)18-9-8-17(20)26-18/h2-3,5,7-9,15H,4,6,10-13H2,1H3,(H,21,23). The van der Waals surface area contributed by atoms with Crippen LogP contribution >= 0.6 is 22.9 Å². The number of para-hydroxylation sites is 1. The summed E-state index contributed by atoms with van der Waals surface area (Å²) in [4.78, 5) is 12.6. The van der Waals surface area contributed by atoms with Crippen LogP contribution in [-0.4, -0.2) is 41.2 Å². The molecule has 8 heteroatoms. The molecule has 0 bridgehead atoms. The number of carbonyl (C=O) groups excluding carboxylic acids is 1. The van der Waals surface area contributed by atoms with E-state index in [0.717, 1.165) is 34.9 Å². The molecule has 2 unspecified atom stereocenters. The number of methoxy groups -OCH3 is 1. The number of nitrogens with zero attached hydrogens (tertiary/aromatic N) is 1. The van der Waals surface area contributed by atoms with Crippen molar-refractivity contribution in [3.8, 4) is 5.75 Å². The SMILES string of the molecule is COc1ccccc1CCNC(=O)C1CCCN(S(=O)c2ccc(Cl)s2)C1. The summed E-state index contributed by atoms with van der Waals surface area (Å²) in [5.41, 5.74) is 1.07. The van der Waals surface area contributed by atoms with Gasteiger partial charge in [-0.3, -0.25) is 4.79 Å². The van der Waals surface area contributed by atoms with Crippen molar-refractivity contribution in [2.75, 3.05) is 26.7 Å². The third-order valence-electron chi connectivity index (χ3n) is 4.60. The second-order valence-corrected chi connectivity index (χ2v) is 9.82. The van der Waals surface area contributed by atoms with Crippen LogP contribution in [0.4, 0.5) is 0 Å². The van der Waals surface area contributed by atoms with Crippen LogP contribution in [0.2, 0.25) is 4.34 Å². The van der Waals surface area contributed by atoms with Crippen LogP contribution in [0, 0.1) is 5.92 Å². The molecule has 1 saturated heterocycles. The van der Waals surface area contributed by atoms with Gasteiger partial charge in [0.05, 0.1) is 17.4 Å². The van der Waals surface area contributed by atoms with Gasteiger partial charge >= 0.3 is 0 Å². The summed E-state index contributed by atoms with van der Waals surface area (Å²) in [5.74, 6) is 0.715. The molecule has 146 valence electrons. The highest BCUT2D eigenvalue weighted by Gasteiger charge is 2.29. The van der Waals surface area contributed by atoms with Gasteiger partial charge in [0.15, 0.2) is 0 Å². The number of amides is 1. The molecule has 2 heterocycles. The Balaban J connectivity index is 1.51. The number of hydrogen-bond donors (Lipinski definition) is 1. The van der Waals surface area contributed by atoms with Gasteiger partial charge in [-0.05, 0) is 43.0 Å². The van der Waals surface area contributed by atoms with Gasteiger partial charge in [-0.25, -0.2) is 8.51 Å². The lowest BCUT2D eigenvalue weighted by molar-refractivity contribution is -0.126. The number of halogens is 1. The zero-order valence-corrected chi connectivity index (χ0v) is 17.5. The number of thiophene rings is 1. The molecule has 5 nitrogen and oxygen atoms in total. The van der Waals surface area contributed by atoms with Crippen molar-refractivity contribution in [3.05, 3.63) is 46.3 Å². The maximum Gasteiger partial charge on any atom is 0.224 e. The van der Waals surface area contributed by atoms with E-state index in [0.29, 0.717) is 23.8 Å². The van der Waals surface area contributed by atoms with Crippen LogP contribution in [-0.2, 0) is 22.2 Å². The molecule has 3 rings (SSSR count). The fraction of sp³-hybridized carbons (Fsp3) is 0.421. The Morgan fingerprint density at radius 3 is 2.93 bits per heavy atom. The Bertz CT molecular complexity index is 812. The smallest absolute Gasteiger partial charge is 0.224 e. The number of benzene rings is 1. The summed E-state index contributed by atoms with van der Waals surface area (Å²) >= 11 is 7.27. The van der Waals surface area contributed by atoms with Crippen molar-refractivity contribution in [1.29, 1.82) is 0 Å². The van der Waals surface area contributed by atoms with Crippen molar-refractivity contribution in [3.63, 3.8) is 0 Å². The highest BCUT2D eigenvalue weighted by molar-refractivity contribution is 7.85. The van der Waals surface area contributed by atoms with E-state index in [1.807, 2.05) is 28.6 Å². The van der Waals surface area contributed by atoms with Crippen molar-refractivity contribution < 1.29 is 13.7 Å². The molecule has 1 aliphatic rings. The van der Waals surface area contributed by atoms with E-state index in [1.165, 1.54) is 11.3 Å². The number of rotatable bonds is 7. The molecule has 1 aliphatic heterocycles. The van der Waals surface area contributed by atoms with Crippen molar-refractivity contribution in [1.82, 2.24) is 9.62 Å². The number of ether oxygens (including phenoxy) is 1. The lowest BCUT2D eigenvalue weighted by Crippen LogP contribution is -2.43. The molecule has 1 amide bonds. The maximum atomic E-state index is 12.7. The van der Waals surface area contributed by atoms with Gasteiger partial charge < -0.3 is 10.1 Å². The minimum Gasteiger partial charge on any atom is -0.496 e. The van der Waals surface area contributed by atoms with E-state index < -0.39 is 11.0 Å². The first-order valence-corrected chi connectivity index (χ1v) is 11.2. The Morgan fingerprint density at radius 1 is 1.37 bits per heavy atom. The summed E-state index contributed by atoms with van der Waals surface area (Å²) in [6, 6.07) is 11.4. The molecule has 0 radical (unpaired) electrons. The van der Waals surface area contributed by atoms with Gasteiger partial charge in [0, 0.05) is 19.6 Å². The molecule has 0 aliphatic carbocycles. The highest BCUT2D eigenvalue weighted by atomic mass is 35.5. The van der Waals surface area contributed by atoms with Crippen LogP contribution in [0.5, 0.6) is 5.75 Å². The molecule has 0 spiro atoms. The number of nitrogens with one attached hydrogen (secondary N) is 1. The van der Waals surface area contributed by atoms with Crippen LogP contribution in [0.15, 0.2) is 40.6 Å². The monoisotopic (exact) mass is 426 g/mol. The Kier molecular flexibility index (Phi) is 7.29. The molecule has 1 fully saturated rings. The van der Waals surface area contributed by atoms with Crippen LogP contribution in [0.1, 0.15) is 18.4 Å². The van der Waals surface area contributed by atoms with Crippen molar-refractivity contribution in [2.45, 2.75) is 23.5 Å². The van der Waals surface area contributed by atoms with E-state index in [4.69, 9.17) is 16.3 Å². The molecule has 2 atom stereocenters. The third kappa shape index (κ3) is 5.31. The Hall–Kier alpha value is -1.41. The molecular formula is C19H23ClN2O3S2. The first-order valence-electron chi connectivity index (χ1n) is 8.90. The topological polar surface area (TPSA) is 58.6 Å². The molecule has 1 aromatic carbocycles. The van der Waals surface area contributed by atoms with Gasteiger partial charge in [-0.1, -0.05) is 29.8 Å². The predicted octanol–water partition coefficient (Wildman–Crippen LogP) is 3.50. The zero-order chi connectivity index (χ0) is 19.2. The number of carbonyl (C=O) groups is 1. The van der Waals surface area contributed by atoms with Crippen molar-refractivity contribution in [2.24, 2.45) is 5.92 Å². The summed E-state index contributed by atoms with van der Waals surface area (Å²) < 4.78 is 21.3. The fourth-order valence-corrected chi connectivity index (χ4v) is 6.03. The second kappa shape index (κ2) is 9.68. The average Bonchev–Trinajstić information content (AvgIpc) is 3.14. The summed E-state index contributed by atoms with van der Waals surface area (Å²) in [6.45, 7) is 1.79. The van der Waals surface area contributed by atoms with E-state index in [2.05, 4.69) is 5.32 Å². The summed E-state index contributed by atoms with van der Waals surface area (Å²) in [5, 5.41) is 3.02. The highest BCUT2D eigenvalue weighted by Crippen LogP contribution is 2.28. The van der Waals surface area contributed by atoms with Gasteiger partial charge in [0.25, 0.3) is 0 Å². The molecular weight excluding hydrogens is 404 g/mol.